The molecule has 2 nitrogen and oxygen atoms in total. The van der Waals surface area contributed by atoms with Gasteiger partial charge in [0, 0.05) is 19.6 Å². The van der Waals surface area contributed by atoms with Crippen LogP contribution < -0.4 is 5.32 Å². The molecule has 0 heterocycles. The van der Waals surface area contributed by atoms with E-state index < -0.39 is 0 Å². The van der Waals surface area contributed by atoms with Crippen molar-refractivity contribution < 1.29 is 5.11 Å². The third kappa shape index (κ3) is 7.48. The zero-order valence-electron chi connectivity index (χ0n) is 5.56. The molecule has 52 valence electrons. The van der Waals surface area contributed by atoms with Crippen molar-refractivity contribution in [3.63, 3.8) is 0 Å². The Hall–Kier alpha value is -0.520. The summed E-state index contributed by atoms with van der Waals surface area (Å²) in [5.41, 5.74) is 0. The van der Waals surface area contributed by atoms with Gasteiger partial charge in [0.05, 0.1) is 0 Å². The van der Waals surface area contributed by atoms with Gasteiger partial charge >= 0.3 is 0 Å². The van der Waals surface area contributed by atoms with E-state index in [1.807, 2.05) is 0 Å². The first-order chi connectivity index (χ1) is 4.41. The summed E-state index contributed by atoms with van der Waals surface area (Å²) < 4.78 is 0. The SMILES string of the molecule is C#CCCNCCCO. The Morgan fingerprint density at radius 1 is 1.44 bits per heavy atom. The van der Waals surface area contributed by atoms with Crippen molar-refractivity contribution in [2.75, 3.05) is 19.7 Å². The first-order valence-electron chi connectivity index (χ1n) is 3.17. The summed E-state index contributed by atoms with van der Waals surface area (Å²) in [6, 6.07) is 0. The second-order valence-electron chi connectivity index (χ2n) is 1.78. The van der Waals surface area contributed by atoms with Gasteiger partial charge in [-0.05, 0) is 13.0 Å². The molecule has 0 aliphatic rings. The van der Waals surface area contributed by atoms with Crippen LogP contribution in [-0.4, -0.2) is 24.8 Å². The second kappa shape index (κ2) is 7.48. The van der Waals surface area contributed by atoms with Crippen molar-refractivity contribution in [2.24, 2.45) is 0 Å². The lowest BCUT2D eigenvalue weighted by Gasteiger charge is -1.97. The highest BCUT2D eigenvalue weighted by molar-refractivity contribution is 4.83. The fourth-order valence-corrected chi connectivity index (χ4v) is 0.490. The van der Waals surface area contributed by atoms with E-state index in [1.165, 1.54) is 0 Å². The molecule has 0 saturated heterocycles. The van der Waals surface area contributed by atoms with E-state index in [0.29, 0.717) is 0 Å². The normalized spacial score (nSPS) is 8.89. The predicted octanol–water partition coefficient (Wildman–Crippen LogP) is -0.0183. The summed E-state index contributed by atoms with van der Waals surface area (Å²) in [6.45, 7) is 1.97. The summed E-state index contributed by atoms with van der Waals surface area (Å²) >= 11 is 0. The van der Waals surface area contributed by atoms with Gasteiger partial charge < -0.3 is 10.4 Å². The summed E-state index contributed by atoms with van der Waals surface area (Å²) in [5, 5.41) is 11.4. The van der Waals surface area contributed by atoms with E-state index in [9.17, 15) is 0 Å². The molecule has 0 radical (unpaired) electrons. The average molecular weight is 127 g/mol. The van der Waals surface area contributed by atoms with Crippen molar-refractivity contribution >= 4 is 0 Å². The van der Waals surface area contributed by atoms with Crippen LogP contribution in [0.5, 0.6) is 0 Å². The number of rotatable bonds is 5. The van der Waals surface area contributed by atoms with E-state index in [4.69, 9.17) is 11.5 Å². The highest BCUT2D eigenvalue weighted by Gasteiger charge is 1.82. The van der Waals surface area contributed by atoms with Gasteiger partial charge in [-0.3, -0.25) is 0 Å². The standard InChI is InChI=1S/C7H13NO/c1-2-3-5-8-6-4-7-9/h1,8-9H,3-7H2. The number of terminal acetylenes is 1. The van der Waals surface area contributed by atoms with Crippen molar-refractivity contribution in [3.05, 3.63) is 0 Å². The van der Waals surface area contributed by atoms with Crippen LogP contribution in [0.25, 0.3) is 0 Å². The monoisotopic (exact) mass is 127 g/mol. The molecule has 0 fully saturated rings. The molecule has 9 heavy (non-hydrogen) atoms. The largest absolute Gasteiger partial charge is 0.396 e. The number of hydrogen-bond donors (Lipinski definition) is 2. The molecule has 0 rings (SSSR count). The minimum atomic E-state index is 0.253. The van der Waals surface area contributed by atoms with Crippen LogP contribution in [0, 0.1) is 12.3 Å². The minimum absolute atomic E-state index is 0.253. The van der Waals surface area contributed by atoms with Crippen LogP contribution in [0.1, 0.15) is 12.8 Å². The Balaban J connectivity index is 2.69. The van der Waals surface area contributed by atoms with Gasteiger partial charge in [0.15, 0.2) is 0 Å². The third-order valence-corrected chi connectivity index (χ3v) is 0.958. The average Bonchev–Trinajstić information content (AvgIpc) is 1.89. The Morgan fingerprint density at radius 2 is 2.22 bits per heavy atom. The van der Waals surface area contributed by atoms with Crippen molar-refractivity contribution in [1.29, 1.82) is 0 Å². The Morgan fingerprint density at radius 3 is 2.78 bits per heavy atom. The maximum absolute atomic E-state index is 8.34. The highest BCUT2D eigenvalue weighted by Crippen LogP contribution is 1.73. The molecule has 0 aromatic heterocycles. The van der Waals surface area contributed by atoms with Crippen LogP contribution in [-0.2, 0) is 0 Å². The molecule has 0 aliphatic heterocycles. The van der Waals surface area contributed by atoms with Gasteiger partial charge in [-0.1, -0.05) is 0 Å². The topological polar surface area (TPSA) is 32.3 Å². The van der Waals surface area contributed by atoms with Gasteiger partial charge in [0.25, 0.3) is 0 Å². The Labute approximate surface area is 56.3 Å². The predicted molar refractivity (Wildman–Crippen MR) is 38.0 cm³/mol. The molecule has 0 aromatic carbocycles. The zero-order chi connectivity index (χ0) is 6.95. The molecule has 0 unspecified atom stereocenters. The minimum Gasteiger partial charge on any atom is -0.396 e. The second-order valence-corrected chi connectivity index (χ2v) is 1.78. The zero-order valence-corrected chi connectivity index (χ0v) is 5.56. The van der Waals surface area contributed by atoms with Gasteiger partial charge in [-0.25, -0.2) is 0 Å². The summed E-state index contributed by atoms with van der Waals surface area (Å²) in [7, 11) is 0. The molecule has 0 aliphatic carbocycles. The molecular weight excluding hydrogens is 114 g/mol. The lowest BCUT2D eigenvalue weighted by molar-refractivity contribution is 0.286. The Kier molecular flexibility index (Phi) is 7.05. The van der Waals surface area contributed by atoms with E-state index >= 15 is 0 Å². The summed E-state index contributed by atoms with van der Waals surface area (Å²) in [5.74, 6) is 2.52. The molecule has 0 spiro atoms. The smallest absolute Gasteiger partial charge is 0.0443 e. The fourth-order valence-electron chi connectivity index (χ4n) is 0.490. The number of aliphatic hydroxyl groups excluding tert-OH is 1. The molecule has 0 aromatic rings. The maximum Gasteiger partial charge on any atom is 0.0443 e. The van der Waals surface area contributed by atoms with E-state index in [1.54, 1.807) is 0 Å². The van der Waals surface area contributed by atoms with Gasteiger partial charge in [-0.2, -0.15) is 0 Å². The fraction of sp³-hybridized carbons (Fsp3) is 0.714. The van der Waals surface area contributed by atoms with Crippen molar-refractivity contribution in [3.8, 4) is 12.3 Å². The van der Waals surface area contributed by atoms with Crippen LogP contribution in [0.3, 0.4) is 0 Å². The molecule has 0 atom stereocenters. The molecule has 0 saturated carbocycles. The number of hydrogen-bond acceptors (Lipinski definition) is 2. The molecule has 2 N–H and O–H groups in total. The Bertz CT molecular complexity index is 85.4. The summed E-state index contributed by atoms with van der Waals surface area (Å²) in [4.78, 5) is 0. The van der Waals surface area contributed by atoms with Gasteiger partial charge in [0.2, 0.25) is 0 Å². The van der Waals surface area contributed by atoms with Crippen LogP contribution in [0.4, 0.5) is 0 Å². The van der Waals surface area contributed by atoms with Gasteiger partial charge in [-0.15, -0.1) is 12.3 Å². The maximum atomic E-state index is 8.34. The van der Waals surface area contributed by atoms with Gasteiger partial charge in [0.1, 0.15) is 0 Å². The first kappa shape index (κ1) is 8.48. The van der Waals surface area contributed by atoms with Crippen LogP contribution in [0.15, 0.2) is 0 Å². The number of nitrogens with one attached hydrogen (secondary N) is 1. The van der Waals surface area contributed by atoms with Crippen LogP contribution in [0.2, 0.25) is 0 Å². The quantitative estimate of drug-likeness (QED) is 0.402. The van der Waals surface area contributed by atoms with E-state index in [-0.39, 0.29) is 6.61 Å². The van der Waals surface area contributed by atoms with Crippen LogP contribution >= 0.6 is 0 Å². The molecule has 2 heteroatoms. The third-order valence-electron chi connectivity index (χ3n) is 0.958. The van der Waals surface area contributed by atoms with E-state index in [2.05, 4.69) is 11.2 Å². The van der Waals surface area contributed by atoms with Crippen molar-refractivity contribution in [1.82, 2.24) is 5.32 Å². The number of aliphatic hydroxyl groups is 1. The molecular formula is C7H13NO. The van der Waals surface area contributed by atoms with Crippen molar-refractivity contribution in [2.45, 2.75) is 12.8 Å². The molecule has 0 bridgehead atoms. The van der Waals surface area contributed by atoms with E-state index in [0.717, 1.165) is 25.9 Å². The lowest BCUT2D eigenvalue weighted by atomic mass is 10.4. The molecule has 0 amide bonds. The summed E-state index contributed by atoms with van der Waals surface area (Å²) in [6.07, 6.45) is 6.58. The first-order valence-corrected chi connectivity index (χ1v) is 3.17. The highest BCUT2D eigenvalue weighted by atomic mass is 16.3. The lowest BCUT2D eigenvalue weighted by Crippen LogP contribution is -2.16.